The van der Waals surface area contributed by atoms with E-state index in [1.165, 1.54) is 11.3 Å². The number of nitrogens with two attached hydrogens (primary N) is 1. The third-order valence-corrected chi connectivity index (χ3v) is 6.47. The van der Waals surface area contributed by atoms with Crippen LogP contribution in [0.4, 0.5) is 5.00 Å². The number of likely N-dealkylation sites (tertiary alicyclic amines) is 1. The summed E-state index contributed by atoms with van der Waals surface area (Å²) in [5.74, 6) is -0.0795. The summed E-state index contributed by atoms with van der Waals surface area (Å²) < 4.78 is 15.9. The Balaban J connectivity index is 1.80. The van der Waals surface area contributed by atoms with Crippen molar-refractivity contribution < 1.29 is 28.6 Å². The molecule has 2 aromatic rings. The first kappa shape index (κ1) is 24.5. The number of hydrogen-bond donors (Lipinski definition) is 2. The Morgan fingerprint density at radius 2 is 1.85 bits per heavy atom. The van der Waals surface area contributed by atoms with Crippen LogP contribution in [-0.4, -0.2) is 63.1 Å². The predicted octanol–water partition coefficient (Wildman–Crippen LogP) is 2.74. The molecule has 0 saturated carbocycles. The van der Waals surface area contributed by atoms with Crippen LogP contribution in [0, 0.1) is 5.92 Å². The molecule has 0 spiro atoms. The molecule has 9 nitrogen and oxygen atoms in total. The molecule has 1 fully saturated rings. The standard InChI is InChI=1S/C23H29N3O6S/c1-4-32-23(29)20-16(15-5-6-17(30-2)18(11-15)31-3)13-33-22(20)25-19(27)12-26-9-7-14(8-10-26)21(24)28/h5-6,11,13-14H,4,7-10,12H2,1-3H3,(H2,24,28)(H,25,27). The van der Waals surface area contributed by atoms with Crippen molar-refractivity contribution in [2.75, 3.05) is 45.8 Å². The van der Waals surface area contributed by atoms with Gasteiger partial charge in [-0.25, -0.2) is 4.79 Å². The fourth-order valence-electron chi connectivity index (χ4n) is 3.82. The highest BCUT2D eigenvalue weighted by molar-refractivity contribution is 7.15. The van der Waals surface area contributed by atoms with Gasteiger partial charge >= 0.3 is 5.97 Å². The maximum absolute atomic E-state index is 12.8. The monoisotopic (exact) mass is 475 g/mol. The number of methoxy groups -OCH3 is 2. The van der Waals surface area contributed by atoms with Crippen LogP contribution in [0.15, 0.2) is 23.6 Å². The van der Waals surface area contributed by atoms with E-state index < -0.39 is 5.97 Å². The largest absolute Gasteiger partial charge is 0.493 e. The molecule has 2 amide bonds. The number of nitrogens with zero attached hydrogens (tertiary/aromatic N) is 1. The first-order valence-electron chi connectivity index (χ1n) is 10.7. The Bertz CT molecular complexity index is 1010. The molecule has 1 aliphatic rings. The lowest BCUT2D eigenvalue weighted by molar-refractivity contribution is -0.123. The molecule has 33 heavy (non-hydrogen) atoms. The smallest absolute Gasteiger partial charge is 0.341 e. The Morgan fingerprint density at radius 3 is 2.45 bits per heavy atom. The van der Waals surface area contributed by atoms with Crippen LogP contribution < -0.4 is 20.5 Å². The molecule has 3 rings (SSSR count). The second kappa shape index (κ2) is 11.2. The molecular weight excluding hydrogens is 446 g/mol. The number of hydrogen-bond acceptors (Lipinski definition) is 8. The number of primary amides is 1. The van der Waals surface area contributed by atoms with E-state index in [9.17, 15) is 14.4 Å². The lowest BCUT2D eigenvalue weighted by atomic mass is 9.96. The van der Waals surface area contributed by atoms with Gasteiger partial charge in [-0.3, -0.25) is 14.5 Å². The quantitative estimate of drug-likeness (QED) is 0.535. The van der Waals surface area contributed by atoms with Gasteiger partial charge in [0.05, 0.1) is 27.4 Å². The minimum atomic E-state index is -0.513. The Kier molecular flexibility index (Phi) is 8.29. The number of piperidine rings is 1. The van der Waals surface area contributed by atoms with Crippen LogP contribution >= 0.6 is 11.3 Å². The maximum Gasteiger partial charge on any atom is 0.341 e. The predicted molar refractivity (Wildman–Crippen MR) is 126 cm³/mol. The zero-order chi connectivity index (χ0) is 24.0. The number of amides is 2. The van der Waals surface area contributed by atoms with Crippen molar-refractivity contribution in [3.63, 3.8) is 0 Å². The first-order chi connectivity index (χ1) is 15.9. The van der Waals surface area contributed by atoms with Crippen molar-refractivity contribution in [2.24, 2.45) is 11.7 Å². The van der Waals surface area contributed by atoms with Crippen LogP contribution in [0.3, 0.4) is 0 Å². The molecule has 1 aliphatic heterocycles. The van der Waals surface area contributed by atoms with E-state index in [1.807, 2.05) is 16.3 Å². The van der Waals surface area contributed by atoms with Crippen LogP contribution in [-0.2, 0) is 14.3 Å². The summed E-state index contributed by atoms with van der Waals surface area (Å²) in [6.45, 7) is 3.34. The summed E-state index contributed by atoms with van der Waals surface area (Å²) in [5, 5.41) is 5.10. The van der Waals surface area contributed by atoms with Gasteiger partial charge in [-0.2, -0.15) is 0 Å². The second-order valence-corrected chi connectivity index (χ2v) is 8.52. The Hall–Kier alpha value is -3.11. The molecular formula is C23H29N3O6S. The van der Waals surface area contributed by atoms with Gasteiger partial charge in [-0.05, 0) is 50.6 Å². The fourth-order valence-corrected chi connectivity index (χ4v) is 4.79. The molecule has 178 valence electrons. The van der Waals surface area contributed by atoms with E-state index in [-0.39, 0.29) is 30.9 Å². The number of esters is 1. The average molecular weight is 476 g/mol. The second-order valence-electron chi connectivity index (χ2n) is 7.64. The molecule has 0 radical (unpaired) electrons. The van der Waals surface area contributed by atoms with Crippen LogP contribution in [0.1, 0.15) is 30.1 Å². The highest BCUT2D eigenvalue weighted by Crippen LogP contribution is 2.39. The number of carbonyl (C=O) groups excluding carboxylic acids is 3. The summed E-state index contributed by atoms with van der Waals surface area (Å²) in [6.07, 6.45) is 1.28. The summed E-state index contributed by atoms with van der Waals surface area (Å²) in [4.78, 5) is 38.8. The number of anilines is 1. The van der Waals surface area contributed by atoms with Crippen LogP contribution in [0.25, 0.3) is 11.1 Å². The molecule has 10 heteroatoms. The molecule has 1 saturated heterocycles. The minimum absolute atomic E-state index is 0.138. The van der Waals surface area contributed by atoms with Crippen molar-refractivity contribution in [3.8, 4) is 22.6 Å². The molecule has 3 N–H and O–H groups in total. The average Bonchev–Trinajstić information content (AvgIpc) is 3.22. The van der Waals surface area contributed by atoms with Crippen molar-refractivity contribution in [3.05, 3.63) is 29.1 Å². The van der Waals surface area contributed by atoms with Gasteiger partial charge in [0.25, 0.3) is 0 Å². The molecule has 1 aromatic carbocycles. The third kappa shape index (κ3) is 5.82. The highest BCUT2D eigenvalue weighted by Gasteiger charge is 2.26. The van der Waals surface area contributed by atoms with Crippen molar-refractivity contribution in [1.29, 1.82) is 0 Å². The van der Waals surface area contributed by atoms with Gasteiger partial charge in [0.15, 0.2) is 11.5 Å². The van der Waals surface area contributed by atoms with E-state index in [4.69, 9.17) is 19.9 Å². The lowest BCUT2D eigenvalue weighted by Gasteiger charge is -2.29. The molecule has 0 atom stereocenters. The number of ether oxygens (including phenoxy) is 3. The third-order valence-electron chi connectivity index (χ3n) is 5.58. The zero-order valence-corrected chi connectivity index (χ0v) is 19.8. The normalized spacial score (nSPS) is 14.5. The number of carbonyl (C=O) groups is 3. The summed E-state index contributed by atoms with van der Waals surface area (Å²) in [6, 6.07) is 5.35. The Labute approximate surface area is 196 Å². The van der Waals surface area contributed by atoms with E-state index in [0.29, 0.717) is 53.6 Å². The highest BCUT2D eigenvalue weighted by atomic mass is 32.1. The van der Waals surface area contributed by atoms with Gasteiger partial charge in [0.2, 0.25) is 11.8 Å². The minimum Gasteiger partial charge on any atom is -0.493 e. The molecule has 0 unspecified atom stereocenters. The SMILES string of the molecule is CCOC(=O)c1c(-c2ccc(OC)c(OC)c2)csc1NC(=O)CN1CCC(C(N)=O)CC1. The lowest BCUT2D eigenvalue weighted by Crippen LogP contribution is -2.42. The molecule has 2 heterocycles. The number of nitrogens with one attached hydrogen (secondary N) is 1. The molecule has 0 aliphatic carbocycles. The maximum atomic E-state index is 12.8. The van der Waals surface area contributed by atoms with Gasteiger partial charge in [-0.15, -0.1) is 11.3 Å². The number of benzene rings is 1. The van der Waals surface area contributed by atoms with Gasteiger partial charge in [0, 0.05) is 16.9 Å². The van der Waals surface area contributed by atoms with Crippen LogP contribution in [0.2, 0.25) is 0 Å². The first-order valence-corrected chi connectivity index (χ1v) is 11.6. The topological polar surface area (TPSA) is 120 Å². The van der Waals surface area contributed by atoms with Gasteiger partial charge in [-0.1, -0.05) is 6.07 Å². The van der Waals surface area contributed by atoms with E-state index in [1.54, 1.807) is 33.3 Å². The number of thiophene rings is 1. The van der Waals surface area contributed by atoms with Crippen molar-refractivity contribution in [2.45, 2.75) is 19.8 Å². The molecule has 0 bridgehead atoms. The van der Waals surface area contributed by atoms with Crippen molar-refractivity contribution in [1.82, 2.24) is 4.90 Å². The summed E-state index contributed by atoms with van der Waals surface area (Å²) in [7, 11) is 3.09. The van der Waals surface area contributed by atoms with E-state index in [0.717, 1.165) is 5.56 Å². The fraction of sp³-hybridized carbons (Fsp3) is 0.435. The molecule has 1 aromatic heterocycles. The summed E-state index contributed by atoms with van der Waals surface area (Å²) in [5.41, 5.74) is 7.05. The zero-order valence-electron chi connectivity index (χ0n) is 19.0. The van der Waals surface area contributed by atoms with Gasteiger partial charge < -0.3 is 25.3 Å². The van der Waals surface area contributed by atoms with E-state index >= 15 is 0 Å². The Morgan fingerprint density at radius 1 is 1.15 bits per heavy atom. The summed E-state index contributed by atoms with van der Waals surface area (Å²) >= 11 is 1.26. The van der Waals surface area contributed by atoms with Crippen molar-refractivity contribution >= 4 is 34.1 Å². The number of rotatable bonds is 9. The van der Waals surface area contributed by atoms with E-state index in [2.05, 4.69) is 5.32 Å². The van der Waals surface area contributed by atoms with Gasteiger partial charge in [0.1, 0.15) is 10.6 Å². The van der Waals surface area contributed by atoms with Crippen LogP contribution in [0.5, 0.6) is 11.5 Å².